The topological polar surface area (TPSA) is 67.7 Å². The minimum absolute atomic E-state index is 0.0839. The van der Waals surface area contributed by atoms with Crippen molar-refractivity contribution in [3.05, 3.63) is 101 Å². The fraction of sp³-hybridized carbons (Fsp3) is 0.207. The minimum atomic E-state index is -1.41. The Balaban J connectivity index is 1.34. The molecular weight excluding hydrogens is 528 g/mol. The number of carbonyl (C=O) groups is 2. The van der Waals surface area contributed by atoms with Crippen molar-refractivity contribution in [2.45, 2.75) is 6.92 Å². The number of esters is 1. The molecule has 40 heavy (non-hydrogen) atoms. The normalized spacial score (nSPS) is 13.4. The van der Waals surface area contributed by atoms with E-state index >= 15 is 0 Å². The highest BCUT2D eigenvalue weighted by atomic mass is 19.2. The standard InChI is InChI=1S/C29H24F4N4O3/c1-2-40-29(39)25-17-26(37(34-25)22-5-3-4-19(30)14-22)18-6-8-21(9-7-18)35-10-12-36(13-11-35)28(38)23-15-20(31)16-24(32)27(23)33/h3-9,14-17H,2,10-13H2,1H3. The zero-order valence-corrected chi connectivity index (χ0v) is 21.4. The first-order valence-electron chi connectivity index (χ1n) is 12.6. The number of anilines is 1. The number of hydrogen-bond acceptors (Lipinski definition) is 5. The van der Waals surface area contributed by atoms with Crippen molar-refractivity contribution in [1.29, 1.82) is 0 Å². The number of rotatable bonds is 6. The predicted molar refractivity (Wildman–Crippen MR) is 139 cm³/mol. The molecule has 1 saturated heterocycles. The minimum Gasteiger partial charge on any atom is -0.461 e. The molecule has 5 rings (SSSR count). The zero-order chi connectivity index (χ0) is 28.4. The van der Waals surface area contributed by atoms with E-state index in [1.165, 1.54) is 21.7 Å². The van der Waals surface area contributed by atoms with Gasteiger partial charge >= 0.3 is 5.97 Å². The van der Waals surface area contributed by atoms with Gasteiger partial charge in [0.25, 0.3) is 5.91 Å². The summed E-state index contributed by atoms with van der Waals surface area (Å²) in [6.07, 6.45) is 0. The molecule has 1 amide bonds. The van der Waals surface area contributed by atoms with Gasteiger partial charge in [0.1, 0.15) is 11.6 Å². The summed E-state index contributed by atoms with van der Waals surface area (Å²) in [6, 6.07) is 15.9. The Hall–Kier alpha value is -4.67. The first kappa shape index (κ1) is 26.9. The average Bonchev–Trinajstić information content (AvgIpc) is 3.41. The lowest BCUT2D eigenvalue weighted by Gasteiger charge is -2.36. The molecule has 4 aromatic rings. The molecule has 3 aromatic carbocycles. The summed E-state index contributed by atoms with van der Waals surface area (Å²) < 4.78 is 61.7. The molecular formula is C29H24F4N4O3. The maximum absolute atomic E-state index is 14.1. The number of aromatic nitrogens is 2. The first-order valence-corrected chi connectivity index (χ1v) is 12.6. The van der Waals surface area contributed by atoms with Crippen LogP contribution in [0.3, 0.4) is 0 Å². The molecule has 1 aliphatic heterocycles. The molecule has 0 unspecified atom stereocenters. The Labute approximate surface area is 227 Å². The summed E-state index contributed by atoms with van der Waals surface area (Å²) in [5, 5.41) is 4.35. The Bertz CT molecular complexity index is 1560. The molecule has 0 radical (unpaired) electrons. The second-order valence-corrected chi connectivity index (χ2v) is 9.10. The molecule has 0 atom stereocenters. The molecule has 0 saturated carbocycles. The summed E-state index contributed by atoms with van der Waals surface area (Å²) >= 11 is 0. The summed E-state index contributed by atoms with van der Waals surface area (Å²) in [7, 11) is 0. The third-order valence-corrected chi connectivity index (χ3v) is 6.57. The van der Waals surface area contributed by atoms with Crippen molar-refractivity contribution in [2.75, 3.05) is 37.7 Å². The Morgan fingerprint density at radius 2 is 1.57 bits per heavy atom. The van der Waals surface area contributed by atoms with E-state index in [1.807, 2.05) is 29.2 Å². The van der Waals surface area contributed by atoms with Crippen LogP contribution in [0, 0.1) is 23.3 Å². The molecule has 0 aliphatic carbocycles. The van der Waals surface area contributed by atoms with E-state index in [9.17, 15) is 27.2 Å². The van der Waals surface area contributed by atoms with Gasteiger partial charge in [-0.3, -0.25) is 4.79 Å². The monoisotopic (exact) mass is 552 g/mol. The molecule has 1 fully saturated rings. The largest absolute Gasteiger partial charge is 0.461 e. The van der Waals surface area contributed by atoms with E-state index < -0.39 is 40.7 Å². The number of amides is 1. The lowest BCUT2D eigenvalue weighted by Crippen LogP contribution is -2.49. The van der Waals surface area contributed by atoms with Gasteiger partial charge in [-0.05, 0) is 49.4 Å². The van der Waals surface area contributed by atoms with Crippen molar-refractivity contribution < 1.29 is 31.9 Å². The van der Waals surface area contributed by atoms with Crippen molar-refractivity contribution in [3.8, 4) is 16.9 Å². The third kappa shape index (κ3) is 5.40. The van der Waals surface area contributed by atoms with Gasteiger partial charge in [0.15, 0.2) is 17.3 Å². The van der Waals surface area contributed by atoms with Gasteiger partial charge in [-0.25, -0.2) is 27.0 Å². The smallest absolute Gasteiger partial charge is 0.358 e. The van der Waals surface area contributed by atoms with Gasteiger partial charge in [0, 0.05) is 43.5 Å². The lowest BCUT2D eigenvalue weighted by atomic mass is 10.1. The summed E-state index contributed by atoms with van der Waals surface area (Å²) in [5.74, 6) is -5.61. The van der Waals surface area contributed by atoms with E-state index in [1.54, 1.807) is 25.1 Å². The second kappa shape index (κ2) is 11.2. The molecule has 206 valence electrons. The van der Waals surface area contributed by atoms with Crippen LogP contribution in [0.2, 0.25) is 0 Å². The summed E-state index contributed by atoms with van der Waals surface area (Å²) in [6.45, 7) is 3.16. The van der Waals surface area contributed by atoms with Crippen LogP contribution < -0.4 is 4.90 Å². The van der Waals surface area contributed by atoms with E-state index in [-0.39, 0.29) is 25.4 Å². The zero-order valence-electron chi connectivity index (χ0n) is 21.4. The molecule has 0 spiro atoms. The van der Waals surface area contributed by atoms with Gasteiger partial charge < -0.3 is 14.5 Å². The predicted octanol–water partition coefficient (Wildman–Crippen LogP) is 5.23. The van der Waals surface area contributed by atoms with Crippen molar-refractivity contribution in [1.82, 2.24) is 14.7 Å². The van der Waals surface area contributed by atoms with Crippen LogP contribution >= 0.6 is 0 Å². The van der Waals surface area contributed by atoms with Crippen LogP contribution in [0.4, 0.5) is 23.2 Å². The Kier molecular flexibility index (Phi) is 7.54. The van der Waals surface area contributed by atoms with Gasteiger partial charge in [0.05, 0.1) is 23.6 Å². The quantitative estimate of drug-likeness (QED) is 0.186. The number of nitrogens with zero attached hydrogens (tertiary/aromatic N) is 4. The fourth-order valence-corrected chi connectivity index (χ4v) is 4.59. The van der Waals surface area contributed by atoms with Crippen LogP contribution in [0.15, 0.2) is 66.7 Å². The first-order chi connectivity index (χ1) is 19.2. The SMILES string of the molecule is CCOC(=O)c1cc(-c2ccc(N3CCN(C(=O)c4cc(F)cc(F)c4F)CC3)cc2)n(-c2cccc(F)c2)n1. The van der Waals surface area contributed by atoms with Crippen molar-refractivity contribution in [2.24, 2.45) is 0 Å². The number of ether oxygens (including phenoxy) is 1. The highest BCUT2D eigenvalue weighted by Gasteiger charge is 2.26. The Morgan fingerprint density at radius 1 is 0.850 bits per heavy atom. The van der Waals surface area contributed by atoms with Gasteiger partial charge in [-0.15, -0.1) is 0 Å². The summed E-state index contributed by atoms with van der Waals surface area (Å²) in [5.41, 5.74) is 2.01. The van der Waals surface area contributed by atoms with Crippen LogP contribution in [0.5, 0.6) is 0 Å². The highest BCUT2D eigenvalue weighted by Crippen LogP contribution is 2.28. The van der Waals surface area contributed by atoms with Gasteiger partial charge in [-0.2, -0.15) is 5.10 Å². The molecule has 7 nitrogen and oxygen atoms in total. The van der Waals surface area contributed by atoms with Crippen molar-refractivity contribution in [3.63, 3.8) is 0 Å². The second-order valence-electron chi connectivity index (χ2n) is 9.10. The maximum Gasteiger partial charge on any atom is 0.358 e. The van der Waals surface area contributed by atoms with Gasteiger partial charge in [-0.1, -0.05) is 18.2 Å². The highest BCUT2D eigenvalue weighted by molar-refractivity contribution is 5.94. The van der Waals surface area contributed by atoms with E-state index in [0.29, 0.717) is 42.2 Å². The van der Waals surface area contributed by atoms with E-state index in [0.717, 1.165) is 5.69 Å². The van der Waals surface area contributed by atoms with Crippen LogP contribution in [-0.4, -0.2) is 59.3 Å². The van der Waals surface area contributed by atoms with E-state index in [2.05, 4.69) is 5.10 Å². The van der Waals surface area contributed by atoms with Crippen molar-refractivity contribution >= 4 is 17.6 Å². The molecule has 2 heterocycles. The molecule has 0 bridgehead atoms. The fourth-order valence-electron chi connectivity index (χ4n) is 4.59. The number of piperazine rings is 1. The maximum atomic E-state index is 14.1. The van der Waals surface area contributed by atoms with E-state index in [4.69, 9.17) is 4.74 Å². The number of carbonyl (C=O) groups excluding carboxylic acids is 2. The van der Waals surface area contributed by atoms with Gasteiger partial charge in [0.2, 0.25) is 0 Å². The molecule has 11 heteroatoms. The lowest BCUT2D eigenvalue weighted by molar-refractivity contribution is 0.0518. The van der Waals surface area contributed by atoms with Crippen LogP contribution in [0.1, 0.15) is 27.8 Å². The van der Waals surface area contributed by atoms with Crippen LogP contribution in [0.25, 0.3) is 16.9 Å². The number of benzene rings is 3. The molecule has 1 aliphatic rings. The number of halogens is 4. The third-order valence-electron chi connectivity index (χ3n) is 6.57. The Morgan fingerprint density at radius 3 is 2.25 bits per heavy atom. The number of hydrogen-bond donors (Lipinski definition) is 0. The summed E-state index contributed by atoms with van der Waals surface area (Å²) in [4.78, 5) is 28.4. The molecule has 1 aromatic heterocycles. The average molecular weight is 553 g/mol. The van der Waals surface area contributed by atoms with Crippen LogP contribution in [-0.2, 0) is 4.74 Å². The molecule has 0 N–H and O–H groups in total.